The summed E-state index contributed by atoms with van der Waals surface area (Å²) in [6.45, 7) is 0. The van der Waals surface area contributed by atoms with E-state index in [1.54, 1.807) is 0 Å². The van der Waals surface area contributed by atoms with E-state index in [2.05, 4.69) is 0 Å². The molecule has 0 saturated heterocycles. The molecule has 0 aromatic carbocycles. The zero-order chi connectivity index (χ0) is 5.91. The molecule has 0 rings (SSSR count). The normalized spacial score (nSPS) is 10.4. The van der Waals surface area contributed by atoms with Gasteiger partial charge in [-0.25, -0.2) is 4.72 Å². The Hall–Kier alpha value is -0.620. The molecule has 0 heterocycles. The van der Waals surface area contributed by atoms with Gasteiger partial charge in [-0.3, -0.25) is 9.35 Å². The first kappa shape index (κ1) is 6.38. The van der Waals surface area contributed by atoms with Crippen LogP contribution >= 0.6 is 0 Å². The highest BCUT2D eigenvalue weighted by Crippen LogP contribution is 1.62. The van der Waals surface area contributed by atoms with E-state index >= 15 is 0 Å². The Kier molecular flexibility index (Phi) is 1.73. The molecule has 0 saturated carbocycles. The van der Waals surface area contributed by atoms with Gasteiger partial charge in [0.1, 0.15) is 0 Å². The summed E-state index contributed by atoms with van der Waals surface area (Å²) in [5.74, 6) is 0. The minimum absolute atomic E-state index is 0.130. The first-order valence-corrected chi connectivity index (χ1v) is 2.68. The van der Waals surface area contributed by atoms with Gasteiger partial charge in [0.15, 0.2) is 0 Å². The third-order valence-corrected chi connectivity index (χ3v) is 0.591. The van der Waals surface area contributed by atoms with Crippen molar-refractivity contribution in [2.45, 2.75) is 0 Å². The van der Waals surface area contributed by atoms with Gasteiger partial charge in [-0.15, -0.1) is 0 Å². The van der Waals surface area contributed by atoms with E-state index in [1.807, 2.05) is 0 Å². The van der Waals surface area contributed by atoms with E-state index in [4.69, 9.17) is 4.55 Å². The Morgan fingerprint density at radius 2 is 2.00 bits per heavy atom. The van der Waals surface area contributed by atoms with Crippen LogP contribution in [0.5, 0.6) is 0 Å². The summed E-state index contributed by atoms with van der Waals surface area (Å²) >= 11 is 0. The van der Waals surface area contributed by atoms with Gasteiger partial charge >= 0.3 is 10.3 Å². The topological polar surface area (TPSA) is 83.5 Å². The van der Waals surface area contributed by atoms with E-state index < -0.39 is 10.3 Å². The zero-order valence-corrected chi connectivity index (χ0v) is 3.97. The maximum absolute atomic E-state index is 9.44. The highest BCUT2D eigenvalue weighted by atomic mass is 32.2. The van der Waals surface area contributed by atoms with Crippen LogP contribution in [-0.4, -0.2) is 19.4 Å². The molecule has 1 amide bonds. The van der Waals surface area contributed by atoms with Crippen molar-refractivity contribution in [3.63, 3.8) is 0 Å². The minimum Gasteiger partial charge on any atom is -0.278 e. The molecule has 0 aromatic rings. The van der Waals surface area contributed by atoms with Crippen molar-refractivity contribution in [2.75, 3.05) is 0 Å². The number of nitrogens with one attached hydrogen (secondary N) is 1. The van der Waals surface area contributed by atoms with Gasteiger partial charge in [0.2, 0.25) is 6.41 Å². The summed E-state index contributed by atoms with van der Waals surface area (Å²) in [5, 5.41) is 0. The van der Waals surface area contributed by atoms with Crippen molar-refractivity contribution >= 4 is 16.7 Å². The van der Waals surface area contributed by atoms with Crippen LogP contribution < -0.4 is 4.72 Å². The number of amides is 1. The van der Waals surface area contributed by atoms with Gasteiger partial charge < -0.3 is 0 Å². The Balaban J connectivity index is 3.84. The lowest BCUT2D eigenvalue weighted by molar-refractivity contribution is -0.108. The predicted octanol–water partition coefficient (Wildman–Crippen LogP) is -1.46. The molecule has 0 radical (unpaired) electrons. The largest absolute Gasteiger partial charge is 0.359 e. The third-order valence-electron chi connectivity index (χ3n) is 0.197. The van der Waals surface area contributed by atoms with Gasteiger partial charge in [0, 0.05) is 0 Å². The fourth-order valence-electron chi connectivity index (χ4n) is 0.0608. The number of hydrogen-bond donors (Lipinski definition) is 2. The predicted molar refractivity (Wildman–Crippen MR) is 20.7 cm³/mol. The lowest BCUT2D eigenvalue weighted by atomic mass is 11.5. The molecular formula is CH3NO4S. The fourth-order valence-corrected chi connectivity index (χ4v) is 0.182. The summed E-state index contributed by atoms with van der Waals surface area (Å²) in [7, 11) is -4.29. The summed E-state index contributed by atoms with van der Waals surface area (Å²) in [5.41, 5.74) is 0. The smallest absolute Gasteiger partial charge is 0.278 e. The first-order valence-electron chi connectivity index (χ1n) is 1.24. The second kappa shape index (κ2) is 1.90. The molecule has 5 nitrogen and oxygen atoms in total. The summed E-state index contributed by atoms with van der Waals surface area (Å²) in [6.07, 6.45) is -0.130. The molecule has 0 bridgehead atoms. The lowest BCUT2D eigenvalue weighted by Gasteiger charge is -1.84. The highest BCUT2D eigenvalue weighted by Gasteiger charge is 1.95. The molecule has 0 spiro atoms. The number of rotatable bonds is 2. The van der Waals surface area contributed by atoms with E-state index in [-0.39, 0.29) is 6.41 Å². The fraction of sp³-hybridized carbons (Fsp3) is 0. The van der Waals surface area contributed by atoms with Crippen LogP contribution in [0.1, 0.15) is 0 Å². The summed E-state index contributed by atoms with van der Waals surface area (Å²) < 4.78 is 27.7. The molecule has 0 aliphatic carbocycles. The number of carbonyl (C=O) groups excluding carboxylic acids is 1. The third kappa shape index (κ3) is 5.38. The molecule has 0 unspecified atom stereocenters. The van der Waals surface area contributed by atoms with Gasteiger partial charge in [-0.2, -0.15) is 8.42 Å². The van der Waals surface area contributed by atoms with E-state index in [0.29, 0.717) is 0 Å². The van der Waals surface area contributed by atoms with Crippen molar-refractivity contribution in [3.8, 4) is 0 Å². The van der Waals surface area contributed by atoms with E-state index in [9.17, 15) is 13.2 Å². The Bertz CT molecular complexity index is 145. The minimum atomic E-state index is -4.29. The molecule has 7 heavy (non-hydrogen) atoms. The van der Waals surface area contributed by atoms with Gasteiger partial charge in [0.05, 0.1) is 0 Å². The number of carbonyl (C=O) groups is 1. The van der Waals surface area contributed by atoms with Crippen LogP contribution in [0.25, 0.3) is 0 Å². The van der Waals surface area contributed by atoms with E-state index in [0.717, 1.165) is 4.72 Å². The Morgan fingerprint density at radius 1 is 1.57 bits per heavy atom. The van der Waals surface area contributed by atoms with Crippen LogP contribution in [0, 0.1) is 0 Å². The molecule has 0 fully saturated rings. The van der Waals surface area contributed by atoms with Crippen molar-refractivity contribution in [1.82, 2.24) is 4.72 Å². The lowest BCUT2D eigenvalue weighted by Crippen LogP contribution is -2.19. The molecule has 6 heteroatoms. The van der Waals surface area contributed by atoms with Gasteiger partial charge in [-0.1, -0.05) is 0 Å². The van der Waals surface area contributed by atoms with Crippen LogP contribution in [-0.2, 0) is 15.1 Å². The summed E-state index contributed by atoms with van der Waals surface area (Å²) in [6, 6.07) is 0. The zero-order valence-electron chi connectivity index (χ0n) is 3.16. The van der Waals surface area contributed by atoms with Crippen molar-refractivity contribution in [2.24, 2.45) is 0 Å². The van der Waals surface area contributed by atoms with Crippen molar-refractivity contribution < 1.29 is 17.8 Å². The monoisotopic (exact) mass is 125 g/mol. The average Bonchev–Trinajstić information content (AvgIpc) is 1.30. The van der Waals surface area contributed by atoms with Crippen LogP contribution in [0.3, 0.4) is 0 Å². The second-order valence-electron chi connectivity index (χ2n) is 0.711. The summed E-state index contributed by atoms with van der Waals surface area (Å²) in [4.78, 5) is 9.17. The Morgan fingerprint density at radius 3 is 2.00 bits per heavy atom. The van der Waals surface area contributed by atoms with E-state index in [1.165, 1.54) is 0 Å². The second-order valence-corrected chi connectivity index (χ2v) is 1.90. The molecule has 0 atom stereocenters. The standard InChI is InChI=1S/CH3NO4S/c3-1-2-7(4,5)6/h1H,(H,2,3)(H,4,5,6). The quantitative estimate of drug-likeness (QED) is 0.349. The van der Waals surface area contributed by atoms with Crippen LogP contribution in [0.4, 0.5) is 0 Å². The van der Waals surface area contributed by atoms with Crippen LogP contribution in [0.2, 0.25) is 0 Å². The Labute approximate surface area is 40.2 Å². The maximum atomic E-state index is 9.44. The van der Waals surface area contributed by atoms with Crippen molar-refractivity contribution in [1.29, 1.82) is 0 Å². The molecular weight excluding hydrogens is 122 g/mol. The molecule has 0 aliphatic heterocycles. The van der Waals surface area contributed by atoms with Crippen LogP contribution in [0.15, 0.2) is 0 Å². The highest BCUT2D eigenvalue weighted by molar-refractivity contribution is 7.84. The number of hydrogen-bond acceptors (Lipinski definition) is 3. The average molecular weight is 125 g/mol. The molecule has 2 N–H and O–H groups in total. The molecule has 0 aromatic heterocycles. The maximum Gasteiger partial charge on any atom is 0.359 e. The van der Waals surface area contributed by atoms with Crippen molar-refractivity contribution in [3.05, 3.63) is 0 Å². The van der Waals surface area contributed by atoms with Gasteiger partial charge in [-0.05, 0) is 0 Å². The SMILES string of the molecule is O=CNS(=O)(=O)O. The first-order chi connectivity index (χ1) is 3.06. The van der Waals surface area contributed by atoms with Gasteiger partial charge in [0.25, 0.3) is 0 Å². The molecule has 0 aliphatic rings. The molecule has 42 valence electrons.